The molecule has 107 heavy (non-hydrogen) atoms. The number of nitrogens with one attached hydrogen (secondary N) is 3. The van der Waals surface area contributed by atoms with Crippen LogP contribution in [-0.2, 0) is 19.2 Å². The summed E-state index contributed by atoms with van der Waals surface area (Å²) in [7, 11) is 0. The zero-order chi connectivity index (χ0) is 76.4. The molecule has 0 aliphatic carbocycles. The van der Waals surface area contributed by atoms with E-state index in [1.165, 1.54) is 498 Å². The monoisotopic (exact) mass is 1500 g/mol. The Labute approximate surface area is 669 Å². The Bertz CT molecular complexity index is 1850. The van der Waals surface area contributed by atoms with Crippen LogP contribution in [0.15, 0.2) is 0 Å². The molecular weight excluding hydrogens is 1310 g/mol. The molecule has 3 N–H and O–H groups in total. The van der Waals surface area contributed by atoms with Crippen LogP contribution in [-0.4, -0.2) is 85.8 Å². The van der Waals surface area contributed by atoms with Gasteiger partial charge in [0.2, 0.25) is 23.6 Å². The Morgan fingerprint density at radius 2 is 0.327 bits per heavy atom. The Kier molecular flexibility index (Phi) is 79.1. The molecule has 9 heteroatoms. The number of unbranched alkanes of at least 4 members (excludes halogenated alkanes) is 76. The number of rotatable bonds is 92. The summed E-state index contributed by atoms with van der Waals surface area (Å²) >= 11 is 0. The Hall–Kier alpha value is -1.84. The van der Waals surface area contributed by atoms with Gasteiger partial charge >= 0.3 is 0 Å². The van der Waals surface area contributed by atoms with Gasteiger partial charge in [0.05, 0.1) is 0 Å². The Morgan fingerprint density at radius 1 is 0.196 bits per heavy atom. The molecule has 0 radical (unpaired) electrons. The summed E-state index contributed by atoms with van der Waals surface area (Å²) in [6, 6.07) is 0. The number of amides is 4. The second-order valence-electron chi connectivity index (χ2n) is 35.3. The number of nitrogens with zero attached hydrogens (tertiary/aromatic N) is 2. The average molecular weight is 1500 g/mol. The molecule has 2 aliphatic heterocycles. The highest BCUT2D eigenvalue weighted by atomic mass is 16.2. The molecule has 632 valence electrons. The molecule has 0 aromatic carbocycles. The predicted molar refractivity (Wildman–Crippen MR) is 469 cm³/mol. The molecule has 0 aromatic heterocycles. The summed E-state index contributed by atoms with van der Waals surface area (Å²) < 4.78 is 0. The molecule has 2 unspecified atom stereocenters. The van der Waals surface area contributed by atoms with Gasteiger partial charge in [0.25, 0.3) is 0 Å². The van der Waals surface area contributed by atoms with Gasteiger partial charge in [0.1, 0.15) is 0 Å². The third kappa shape index (κ3) is 68.3. The van der Waals surface area contributed by atoms with Gasteiger partial charge in [-0.25, -0.2) is 0 Å². The summed E-state index contributed by atoms with van der Waals surface area (Å²) in [5.41, 5.74) is 0. The molecule has 2 aliphatic rings. The molecule has 9 nitrogen and oxygen atoms in total. The molecule has 2 atom stereocenters. The summed E-state index contributed by atoms with van der Waals surface area (Å²) in [4.78, 5) is 54.6. The maximum Gasteiger partial charge on any atom is 0.232 e. The van der Waals surface area contributed by atoms with Gasteiger partial charge in [-0.3, -0.25) is 29.0 Å². The van der Waals surface area contributed by atoms with Crippen LogP contribution < -0.4 is 16.0 Å². The van der Waals surface area contributed by atoms with Gasteiger partial charge < -0.3 is 16.0 Å². The van der Waals surface area contributed by atoms with Crippen molar-refractivity contribution in [2.24, 2.45) is 11.8 Å². The van der Waals surface area contributed by atoms with E-state index in [4.69, 9.17) is 0 Å². The van der Waals surface area contributed by atoms with E-state index in [2.05, 4.69) is 29.8 Å². The van der Waals surface area contributed by atoms with E-state index >= 15 is 0 Å². The maximum absolute atomic E-state index is 13.1. The normalized spacial score (nSPS) is 14.8. The molecule has 2 saturated heterocycles. The number of likely N-dealkylation sites (tertiary alicyclic amines) is 2. The van der Waals surface area contributed by atoms with E-state index in [9.17, 15) is 19.2 Å². The minimum absolute atomic E-state index is 0.00601. The number of imide groups is 2. The second-order valence-corrected chi connectivity index (χ2v) is 35.3. The predicted octanol–water partition coefficient (Wildman–Crippen LogP) is 29.8. The van der Waals surface area contributed by atoms with Crippen LogP contribution in [0.3, 0.4) is 0 Å². The first-order chi connectivity index (χ1) is 53.0. The molecule has 2 rings (SSSR count). The van der Waals surface area contributed by atoms with E-state index in [0.29, 0.717) is 39.0 Å². The van der Waals surface area contributed by atoms with Crippen molar-refractivity contribution < 1.29 is 19.2 Å². The van der Waals surface area contributed by atoms with Crippen LogP contribution in [0.1, 0.15) is 540 Å². The minimum atomic E-state index is -0.126. The lowest BCUT2D eigenvalue weighted by Crippen LogP contribution is -2.40. The van der Waals surface area contributed by atoms with Crippen molar-refractivity contribution in [3.8, 4) is 0 Å². The van der Waals surface area contributed by atoms with E-state index < -0.39 is 0 Å². The molecule has 4 amide bonds. The third-order valence-electron chi connectivity index (χ3n) is 25.0. The lowest BCUT2D eigenvalue weighted by atomic mass is 9.98. The summed E-state index contributed by atoms with van der Waals surface area (Å²) in [6.07, 6.45) is 113. The van der Waals surface area contributed by atoms with Crippen LogP contribution in [0, 0.1) is 11.8 Å². The quantitative estimate of drug-likeness (QED) is 0.0411. The molecule has 2 heterocycles. The maximum atomic E-state index is 13.1. The lowest BCUT2D eigenvalue weighted by molar-refractivity contribution is -0.140. The van der Waals surface area contributed by atoms with E-state index in [0.717, 1.165) is 51.9 Å². The van der Waals surface area contributed by atoms with Crippen molar-refractivity contribution in [3.63, 3.8) is 0 Å². The van der Waals surface area contributed by atoms with Gasteiger partial charge in [0, 0.05) is 77.0 Å². The van der Waals surface area contributed by atoms with Crippen LogP contribution in [0.4, 0.5) is 0 Å². The van der Waals surface area contributed by atoms with Crippen molar-refractivity contribution in [2.75, 3.05) is 52.4 Å². The highest BCUT2D eigenvalue weighted by molar-refractivity contribution is 6.04. The number of carbonyl (C=O) groups is 4. The number of hydrogen-bond donors (Lipinski definition) is 3. The van der Waals surface area contributed by atoms with Crippen LogP contribution in [0.25, 0.3) is 0 Å². The van der Waals surface area contributed by atoms with Gasteiger partial charge in [-0.1, -0.05) is 515 Å². The Balaban J connectivity index is 1.21. The van der Waals surface area contributed by atoms with Gasteiger partial charge in [-0.05, 0) is 12.8 Å². The van der Waals surface area contributed by atoms with Gasteiger partial charge in [-0.15, -0.1) is 0 Å². The van der Waals surface area contributed by atoms with Crippen molar-refractivity contribution >= 4 is 23.6 Å². The topological polar surface area (TPSA) is 111 Å². The molecule has 0 spiro atoms. The second kappa shape index (κ2) is 83.6. The number of hydrogen-bond acceptors (Lipinski definition) is 7. The smallest absolute Gasteiger partial charge is 0.232 e. The van der Waals surface area contributed by atoms with Crippen LogP contribution >= 0.6 is 0 Å². The van der Waals surface area contributed by atoms with Crippen molar-refractivity contribution in [1.29, 1.82) is 0 Å². The Morgan fingerprint density at radius 3 is 0.477 bits per heavy atom. The first-order valence-electron chi connectivity index (χ1n) is 49.8. The summed E-state index contributed by atoms with van der Waals surface area (Å²) in [6.45, 7) is 9.84. The fraction of sp³-hybridized carbons (Fsp3) is 0.959. The molecular formula is C98H191N5O4. The first kappa shape index (κ1) is 101. The highest BCUT2D eigenvalue weighted by Crippen LogP contribution is 2.28. The molecule has 0 saturated carbocycles. The van der Waals surface area contributed by atoms with Crippen molar-refractivity contribution in [1.82, 2.24) is 25.8 Å². The third-order valence-corrected chi connectivity index (χ3v) is 25.0. The SMILES string of the molecule is CCCCCCCCCCCCCCCCCCCCCCCCCCCCCCCCCCCCCCCCCCCCC1CC(=O)N(CCNCCNCCNCCN2C(=O)CC(CCCCCCCCCCCCCCCCCCCCCCCCCCCCCCCCCCCCCC)C2=O)C1=O. The van der Waals surface area contributed by atoms with Crippen molar-refractivity contribution in [3.05, 3.63) is 0 Å². The highest BCUT2D eigenvalue weighted by Gasteiger charge is 2.38. The van der Waals surface area contributed by atoms with Gasteiger partial charge in [0.15, 0.2) is 0 Å². The fourth-order valence-electron chi connectivity index (χ4n) is 17.5. The summed E-state index contributed by atoms with van der Waals surface area (Å²) in [5, 5.41) is 10.2. The van der Waals surface area contributed by atoms with Crippen LogP contribution in [0.5, 0.6) is 0 Å². The standard InChI is InChI=1S/C98H191N5O4/c1-3-5-7-9-11-13-15-17-19-21-23-25-27-29-31-33-35-37-39-41-42-43-44-45-46-48-50-52-54-56-58-60-62-64-66-68-70-72-74-76-78-80-82-94-92-96(105)103(98(94)107)90-88-101-86-84-99-83-85-100-87-89-102-95(104)91-93(97(102)106)81-79-77-75-73-71-69-67-65-63-61-59-57-55-53-51-49-47-40-38-36-34-32-30-28-26-24-22-20-18-16-14-12-10-8-6-4-2/h93-94,99-101H,3-92H2,1-2H3. The molecule has 0 bridgehead atoms. The first-order valence-corrected chi connectivity index (χ1v) is 49.8. The van der Waals surface area contributed by atoms with E-state index in [1.54, 1.807) is 0 Å². The zero-order valence-electron chi connectivity index (χ0n) is 72.8. The van der Waals surface area contributed by atoms with Crippen molar-refractivity contribution in [2.45, 2.75) is 540 Å². The molecule has 2 fully saturated rings. The number of carbonyl (C=O) groups excluding carboxylic acids is 4. The molecule has 0 aromatic rings. The zero-order valence-corrected chi connectivity index (χ0v) is 72.8. The largest absolute Gasteiger partial charge is 0.314 e. The van der Waals surface area contributed by atoms with E-state index in [-0.39, 0.29) is 35.5 Å². The van der Waals surface area contributed by atoms with Gasteiger partial charge in [-0.2, -0.15) is 0 Å². The fourth-order valence-corrected chi connectivity index (χ4v) is 17.5. The minimum Gasteiger partial charge on any atom is -0.314 e. The van der Waals surface area contributed by atoms with Crippen LogP contribution in [0.2, 0.25) is 0 Å². The lowest BCUT2D eigenvalue weighted by Gasteiger charge is -2.16. The summed E-state index contributed by atoms with van der Waals surface area (Å²) in [5.74, 6) is -0.192. The van der Waals surface area contributed by atoms with E-state index in [1.807, 2.05) is 0 Å². The average Bonchev–Trinajstić information content (AvgIpc) is 1.71.